The molecule has 4 heteroatoms. The van der Waals surface area contributed by atoms with Crippen molar-refractivity contribution in [2.24, 2.45) is 0 Å². The third kappa shape index (κ3) is 61.0. The van der Waals surface area contributed by atoms with E-state index in [1.165, 1.54) is 0 Å². The van der Waals surface area contributed by atoms with Crippen LogP contribution in [-0.4, -0.2) is 49.9 Å². The molecule has 0 fully saturated rings. The summed E-state index contributed by atoms with van der Waals surface area (Å²) >= 11 is 0. The van der Waals surface area contributed by atoms with E-state index >= 15 is 0 Å². The molecule has 4 nitrogen and oxygen atoms in total. The molecule has 0 spiro atoms. The predicted molar refractivity (Wildman–Crippen MR) is 78.7 cm³/mol. The van der Waals surface area contributed by atoms with Crippen LogP contribution in [0.2, 0.25) is 0 Å². The standard InChI is InChI=1S/2C5H10O2.2C2H4/c2*1-2-4-7-5-3-6;2*1-2/h2*2,6H,1,3-5H2;2*1-2H2. The summed E-state index contributed by atoms with van der Waals surface area (Å²) in [4.78, 5) is 0. The third-order valence-corrected chi connectivity index (χ3v) is 0.943. The highest BCUT2D eigenvalue weighted by molar-refractivity contribution is 4.63. The Hall–Kier alpha value is -1.20. The fraction of sp³-hybridized carbons (Fsp3) is 0.429. The summed E-state index contributed by atoms with van der Waals surface area (Å²) in [6.45, 7) is 20.9. The van der Waals surface area contributed by atoms with Gasteiger partial charge in [0.05, 0.1) is 39.6 Å². The first-order valence-corrected chi connectivity index (χ1v) is 5.42. The van der Waals surface area contributed by atoms with Crippen LogP contribution in [-0.2, 0) is 9.47 Å². The van der Waals surface area contributed by atoms with Crippen molar-refractivity contribution in [2.75, 3.05) is 39.6 Å². The van der Waals surface area contributed by atoms with Gasteiger partial charge in [-0.15, -0.1) is 39.5 Å². The van der Waals surface area contributed by atoms with Crippen LogP contribution in [0.1, 0.15) is 0 Å². The van der Waals surface area contributed by atoms with Crippen LogP contribution < -0.4 is 0 Å². The monoisotopic (exact) mass is 260 g/mol. The molecule has 18 heavy (non-hydrogen) atoms. The average Bonchev–Trinajstić information content (AvgIpc) is 2.45. The molecule has 0 atom stereocenters. The third-order valence-electron chi connectivity index (χ3n) is 0.943. The smallest absolute Gasteiger partial charge is 0.0701 e. The van der Waals surface area contributed by atoms with Crippen LogP contribution in [0, 0.1) is 0 Å². The van der Waals surface area contributed by atoms with Gasteiger partial charge in [-0.1, -0.05) is 12.2 Å². The van der Waals surface area contributed by atoms with E-state index in [0.717, 1.165) is 0 Å². The highest BCUT2D eigenvalue weighted by Crippen LogP contribution is 1.71. The maximum absolute atomic E-state index is 8.13. The first-order valence-electron chi connectivity index (χ1n) is 5.42. The lowest BCUT2D eigenvalue weighted by Crippen LogP contribution is -1.97. The summed E-state index contributed by atoms with van der Waals surface area (Å²) in [5.74, 6) is 0. The molecule has 0 aromatic heterocycles. The van der Waals surface area contributed by atoms with E-state index in [9.17, 15) is 0 Å². The number of rotatable bonds is 8. The number of hydrogen-bond acceptors (Lipinski definition) is 4. The van der Waals surface area contributed by atoms with Crippen LogP contribution in [0.3, 0.4) is 0 Å². The van der Waals surface area contributed by atoms with E-state index < -0.39 is 0 Å². The zero-order chi connectivity index (χ0) is 15.1. The Morgan fingerprint density at radius 1 is 0.722 bits per heavy atom. The van der Waals surface area contributed by atoms with Gasteiger partial charge in [0.2, 0.25) is 0 Å². The molecule has 0 aliphatic carbocycles. The summed E-state index contributed by atoms with van der Waals surface area (Å²) in [6, 6.07) is 0. The molecule has 0 aliphatic heterocycles. The second kappa shape index (κ2) is 44.7. The van der Waals surface area contributed by atoms with Crippen LogP contribution in [0.4, 0.5) is 0 Å². The van der Waals surface area contributed by atoms with Crippen molar-refractivity contribution in [3.8, 4) is 0 Å². The summed E-state index contributed by atoms with van der Waals surface area (Å²) in [5, 5.41) is 16.3. The summed E-state index contributed by atoms with van der Waals surface area (Å²) < 4.78 is 9.53. The molecular formula is C14H28O4. The molecule has 0 unspecified atom stereocenters. The van der Waals surface area contributed by atoms with Gasteiger partial charge in [0.1, 0.15) is 0 Å². The van der Waals surface area contributed by atoms with Gasteiger partial charge < -0.3 is 19.7 Å². The first-order chi connectivity index (χ1) is 8.83. The Labute approximate surface area is 112 Å². The lowest BCUT2D eigenvalue weighted by Gasteiger charge is -1.92. The van der Waals surface area contributed by atoms with E-state index in [-0.39, 0.29) is 13.2 Å². The minimum atomic E-state index is 0.0911. The Morgan fingerprint density at radius 3 is 1.17 bits per heavy atom. The number of aliphatic hydroxyl groups is 2. The second-order valence-electron chi connectivity index (χ2n) is 2.17. The molecule has 0 rings (SSSR count). The Balaban J connectivity index is -0.0000000851. The van der Waals surface area contributed by atoms with Gasteiger partial charge in [-0.25, -0.2) is 0 Å². The zero-order valence-electron chi connectivity index (χ0n) is 11.4. The van der Waals surface area contributed by atoms with Gasteiger partial charge in [-0.2, -0.15) is 0 Å². The molecule has 0 aromatic rings. The van der Waals surface area contributed by atoms with Crippen LogP contribution in [0.15, 0.2) is 51.6 Å². The Kier molecular flexibility index (Phi) is 63.6. The van der Waals surface area contributed by atoms with Crippen molar-refractivity contribution in [2.45, 2.75) is 0 Å². The number of ether oxygens (including phenoxy) is 2. The van der Waals surface area contributed by atoms with Crippen molar-refractivity contribution in [1.82, 2.24) is 0 Å². The lowest BCUT2D eigenvalue weighted by atomic mass is 10.7. The molecule has 0 amide bonds. The minimum Gasteiger partial charge on any atom is -0.394 e. The largest absolute Gasteiger partial charge is 0.394 e. The van der Waals surface area contributed by atoms with Crippen molar-refractivity contribution in [3.63, 3.8) is 0 Å². The fourth-order valence-electron chi connectivity index (χ4n) is 0.462. The topological polar surface area (TPSA) is 58.9 Å². The zero-order valence-corrected chi connectivity index (χ0v) is 11.4. The molecule has 2 N–H and O–H groups in total. The lowest BCUT2D eigenvalue weighted by molar-refractivity contribution is 0.112. The van der Waals surface area contributed by atoms with Crippen LogP contribution >= 0.6 is 0 Å². The van der Waals surface area contributed by atoms with Gasteiger partial charge in [0.15, 0.2) is 0 Å². The quantitative estimate of drug-likeness (QED) is 0.517. The maximum atomic E-state index is 8.13. The van der Waals surface area contributed by atoms with Gasteiger partial charge in [-0.05, 0) is 0 Å². The van der Waals surface area contributed by atoms with Gasteiger partial charge in [0, 0.05) is 0 Å². The van der Waals surface area contributed by atoms with E-state index in [2.05, 4.69) is 39.5 Å². The van der Waals surface area contributed by atoms with Gasteiger partial charge >= 0.3 is 0 Å². The van der Waals surface area contributed by atoms with Gasteiger partial charge in [-0.3, -0.25) is 0 Å². The van der Waals surface area contributed by atoms with E-state index in [4.69, 9.17) is 19.7 Å². The molecule has 0 heterocycles. The molecular weight excluding hydrogens is 232 g/mol. The maximum Gasteiger partial charge on any atom is 0.0701 e. The minimum absolute atomic E-state index is 0.0911. The van der Waals surface area contributed by atoms with Crippen LogP contribution in [0.5, 0.6) is 0 Å². The molecule has 108 valence electrons. The molecule has 0 aliphatic rings. The van der Waals surface area contributed by atoms with Gasteiger partial charge in [0.25, 0.3) is 0 Å². The molecule has 0 aromatic carbocycles. The molecule has 0 saturated heterocycles. The highest BCUT2D eigenvalue weighted by Gasteiger charge is 1.76. The first kappa shape index (κ1) is 25.6. The fourth-order valence-corrected chi connectivity index (χ4v) is 0.462. The molecule has 0 bridgehead atoms. The number of hydrogen-bond donors (Lipinski definition) is 2. The van der Waals surface area contributed by atoms with Crippen molar-refractivity contribution in [1.29, 1.82) is 0 Å². The summed E-state index contributed by atoms with van der Waals surface area (Å²) in [6.07, 6.45) is 3.30. The number of aliphatic hydroxyl groups excluding tert-OH is 2. The predicted octanol–water partition coefficient (Wildman–Crippen LogP) is 1.97. The SMILES string of the molecule is C=C.C=C.C=CCOCCO.C=CCOCCO. The Morgan fingerprint density at radius 2 is 1.00 bits per heavy atom. The highest BCUT2D eigenvalue weighted by atomic mass is 16.5. The van der Waals surface area contributed by atoms with Crippen LogP contribution in [0.25, 0.3) is 0 Å². The average molecular weight is 260 g/mol. The van der Waals surface area contributed by atoms with E-state index in [0.29, 0.717) is 26.4 Å². The summed E-state index contributed by atoms with van der Waals surface area (Å²) in [7, 11) is 0. The van der Waals surface area contributed by atoms with Crippen molar-refractivity contribution in [3.05, 3.63) is 51.6 Å². The van der Waals surface area contributed by atoms with Crippen molar-refractivity contribution >= 4 is 0 Å². The van der Waals surface area contributed by atoms with E-state index in [1.54, 1.807) is 12.2 Å². The van der Waals surface area contributed by atoms with E-state index in [1.807, 2.05) is 0 Å². The normalized spacial score (nSPS) is 7.22. The Bertz CT molecular complexity index is 122. The molecule has 0 saturated carbocycles. The van der Waals surface area contributed by atoms with Crippen molar-refractivity contribution < 1.29 is 19.7 Å². The molecule has 0 radical (unpaired) electrons. The summed E-state index contributed by atoms with van der Waals surface area (Å²) in [5.41, 5.74) is 0. The second-order valence-corrected chi connectivity index (χ2v) is 2.17.